The van der Waals surface area contributed by atoms with Gasteiger partial charge in [-0.1, -0.05) is 12.1 Å². The Morgan fingerprint density at radius 2 is 2.22 bits per heavy atom. The third-order valence-electron chi connectivity index (χ3n) is 3.27. The molecule has 1 aliphatic heterocycles. The lowest BCUT2D eigenvalue weighted by atomic mass is 10.0. The van der Waals surface area contributed by atoms with Gasteiger partial charge in [0, 0.05) is 19.1 Å². The van der Waals surface area contributed by atoms with Crippen molar-refractivity contribution in [3.63, 3.8) is 0 Å². The van der Waals surface area contributed by atoms with E-state index in [1.807, 2.05) is 0 Å². The number of aryl methyl sites for hydroxylation is 1. The van der Waals surface area contributed by atoms with Crippen molar-refractivity contribution in [3.8, 4) is 5.75 Å². The number of rotatable bonds is 5. The summed E-state index contributed by atoms with van der Waals surface area (Å²) in [6.07, 6.45) is 2.29. The van der Waals surface area contributed by atoms with Crippen molar-refractivity contribution in [2.45, 2.75) is 32.4 Å². The molecule has 0 spiro atoms. The van der Waals surface area contributed by atoms with Gasteiger partial charge in [0.2, 0.25) is 0 Å². The third kappa shape index (κ3) is 3.72. The smallest absolute Gasteiger partial charge is 0.122 e. The fourth-order valence-electron chi connectivity index (χ4n) is 2.43. The maximum Gasteiger partial charge on any atom is 0.122 e. The molecule has 1 N–H and O–H groups in total. The lowest BCUT2D eigenvalue weighted by molar-refractivity contribution is 0.288. The molecule has 0 fully saturated rings. The van der Waals surface area contributed by atoms with Crippen LogP contribution in [0.2, 0.25) is 0 Å². The lowest BCUT2D eigenvalue weighted by Crippen LogP contribution is -2.35. The van der Waals surface area contributed by atoms with Gasteiger partial charge in [-0.25, -0.2) is 0 Å². The zero-order chi connectivity index (χ0) is 13.0. The summed E-state index contributed by atoms with van der Waals surface area (Å²) >= 11 is 0. The van der Waals surface area contributed by atoms with Crippen LogP contribution in [-0.4, -0.2) is 38.2 Å². The maximum absolute atomic E-state index is 5.63. The van der Waals surface area contributed by atoms with Crippen LogP contribution in [0.3, 0.4) is 0 Å². The predicted octanol–water partition coefficient (Wildman–Crippen LogP) is 2.05. The highest BCUT2D eigenvalue weighted by molar-refractivity contribution is 5.38. The Kier molecular flexibility index (Phi) is 4.61. The summed E-state index contributed by atoms with van der Waals surface area (Å²) in [5, 5.41) is 3.55. The van der Waals surface area contributed by atoms with Gasteiger partial charge in [0.15, 0.2) is 0 Å². The molecular formula is C15H24N2O. The van der Waals surface area contributed by atoms with E-state index in [2.05, 4.69) is 49.4 Å². The van der Waals surface area contributed by atoms with Crippen molar-refractivity contribution in [3.05, 3.63) is 29.3 Å². The summed E-state index contributed by atoms with van der Waals surface area (Å²) in [5.74, 6) is 1.08. The van der Waals surface area contributed by atoms with E-state index in [-0.39, 0.29) is 0 Å². The number of ether oxygens (including phenoxy) is 1. The molecule has 100 valence electrons. The van der Waals surface area contributed by atoms with Gasteiger partial charge >= 0.3 is 0 Å². The second-order valence-corrected chi connectivity index (χ2v) is 5.44. The minimum atomic E-state index is 0.507. The van der Waals surface area contributed by atoms with Crippen molar-refractivity contribution in [2.24, 2.45) is 0 Å². The Morgan fingerprint density at radius 3 is 3.00 bits per heavy atom. The monoisotopic (exact) mass is 248 g/mol. The first-order valence-electron chi connectivity index (χ1n) is 6.78. The average Bonchev–Trinajstić information content (AvgIpc) is 2.35. The summed E-state index contributed by atoms with van der Waals surface area (Å²) in [6.45, 7) is 5.09. The van der Waals surface area contributed by atoms with Gasteiger partial charge in [-0.05, 0) is 51.1 Å². The highest BCUT2D eigenvalue weighted by atomic mass is 16.5. The van der Waals surface area contributed by atoms with E-state index in [0.717, 1.165) is 38.3 Å². The number of benzene rings is 1. The molecule has 3 nitrogen and oxygen atoms in total. The number of hydrogen-bond acceptors (Lipinski definition) is 3. The Hall–Kier alpha value is -1.06. The lowest BCUT2D eigenvalue weighted by Gasteiger charge is -2.20. The van der Waals surface area contributed by atoms with Gasteiger partial charge in [-0.3, -0.25) is 0 Å². The minimum Gasteiger partial charge on any atom is -0.493 e. The Labute approximate surface area is 110 Å². The molecule has 0 radical (unpaired) electrons. The second kappa shape index (κ2) is 6.21. The molecule has 1 aromatic carbocycles. The van der Waals surface area contributed by atoms with Gasteiger partial charge in [-0.15, -0.1) is 0 Å². The van der Waals surface area contributed by atoms with E-state index < -0.39 is 0 Å². The minimum absolute atomic E-state index is 0.507. The van der Waals surface area contributed by atoms with E-state index in [0.29, 0.717) is 6.04 Å². The summed E-state index contributed by atoms with van der Waals surface area (Å²) in [4.78, 5) is 2.21. The summed E-state index contributed by atoms with van der Waals surface area (Å²) < 4.78 is 5.63. The van der Waals surface area contributed by atoms with Crippen molar-refractivity contribution >= 4 is 0 Å². The molecule has 0 amide bonds. The zero-order valence-electron chi connectivity index (χ0n) is 11.7. The van der Waals surface area contributed by atoms with Crippen molar-refractivity contribution in [2.75, 3.05) is 27.2 Å². The average molecular weight is 248 g/mol. The van der Waals surface area contributed by atoms with Crippen LogP contribution >= 0.6 is 0 Å². The highest BCUT2D eigenvalue weighted by Gasteiger charge is 2.10. The molecule has 3 heteroatoms. The molecular weight excluding hydrogens is 224 g/mol. The molecule has 0 saturated carbocycles. The van der Waals surface area contributed by atoms with Crippen LogP contribution in [0.25, 0.3) is 0 Å². The van der Waals surface area contributed by atoms with Crippen LogP contribution in [0.5, 0.6) is 5.75 Å². The maximum atomic E-state index is 5.63. The summed E-state index contributed by atoms with van der Waals surface area (Å²) in [6, 6.07) is 7.07. The van der Waals surface area contributed by atoms with Gasteiger partial charge in [-0.2, -0.15) is 0 Å². The second-order valence-electron chi connectivity index (χ2n) is 5.44. The van der Waals surface area contributed by atoms with Crippen LogP contribution in [0.1, 0.15) is 24.5 Å². The molecule has 1 atom stereocenters. The largest absolute Gasteiger partial charge is 0.493 e. The van der Waals surface area contributed by atoms with Gasteiger partial charge in [0.25, 0.3) is 0 Å². The fraction of sp³-hybridized carbons (Fsp3) is 0.600. The van der Waals surface area contributed by atoms with Crippen LogP contribution in [0.4, 0.5) is 0 Å². The first-order chi connectivity index (χ1) is 8.65. The SMILES string of the molecule is CC(CN(C)C)NCc1ccc2c(c1)CCCO2. The van der Waals surface area contributed by atoms with Crippen LogP contribution < -0.4 is 10.1 Å². The fourth-order valence-corrected chi connectivity index (χ4v) is 2.43. The number of fused-ring (bicyclic) bond motifs is 1. The molecule has 2 rings (SSSR count). The first-order valence-corrected chi connectivity index (χ1v) is 6.78. The first kappa shape index (κ1) is 13.4. The van der Waals surface area contributed by atoms with E-state index in [1.54, 1.807) is 0 Å². The van der Waals surface area contributed by atoms with Gasteiger partial charge < -0.3 is 15.0 Å². The van der Waals surface area contributed by atoms with E-state index in [4.69, 9.17) is 4.74 Å². The van der Waals surface area contributed by atoms with Crippen LogP contribution in [0, 0.1) is 0 Å². The van der Waals surface area contributed by atoms with Crippen molar-refractivity contribution in [1.29, 1.82) is 0 Å². The van der Waals surface area contributed by atoms with Gasteiger partial charge in [0.1, 0.15) is 5.75 Å². The van der Waals surface area contributed by atoms with Crippen LogP contribution in [-0.2, 0) is 13.0 Å². The predicted molar refractivity (Wildman–Crippen MR) is 75.1 cm³/mol. The van der Waals surface area contributed by atoms with E-state index in [1.165, 1.54) is 11.1 Å². The molecule has 1 heterocycles. The molecule has 1 unspecified atom stereocenters. The third-order valence-corrected chi connectivity index (χ3v) is 3.27. The molecule has 18 heavy (non-hydrogen) atoms. The molecule has 0 saturated heterocycles. The molecule has 0 bridgehead atoms. The quantitative estimate of drug-likeness (QED) is 0.863. The normalized spacial score (nSPS) is 16.2. The zero-order valence-corrected chi connectivity index (χ0v) is 11.7. The number of hydrogen-bond donors (Lipinski definition) is 1. The number of nitrogens with one attached hydrogen (secondary N) is 1. The molecule has 1 aliphatic rings. The van der Waals surface area contributed by atoms with Gasteiger partial charge in [0.05, 0.1) is 6.61 Å². The molecule has 0 aliphatic carbocycles. The van der Waals surface area contributed by atoms with E-state index in [9.17, 15) is 0 Å². The number of likely N-dealkylation sites (N-methyl/N-ethyl adjacent to an activating group) is 1. The van der Waals surface area contributed by atoms with Crippen molar-refractivity contribution in [1.82, 2.24) is 10.2 Å². The standard InChI is InChI=1S/C15H24N2O/c1-12(11-17(2)3)16-10-13-6-7-15-14(9-13)5-4-8-18-15/h6-7,9,12,16H,4-5,8,10-11H2,1-3H3. The Morgan fingerprint density at radius 1 is 1.39 bits per heavy atom. The topological polar surface area (TPSA) is 24.5 Å². The summed E-state index contributed by atoms with van der Waals surface area (Å²) in [7, 11) is 4.21. The molecule has 1 aromatic rings. The highest BCUT2D eigenvalue weighted by Crippen LogP contribution is 2.25. The Balaban J connectivity index is 1.90. The van der Waals surface area contributed by atoms with Crippen LogP contribution in [0.15, 0.2) is 18.2 Å². The van der Waals surface area contributed by atoms with Crippen molar-refractivity contribution < 1.29 is 4.74 Å². The van der Waals surface area contributed by atoms with E-state index >= 15 is 0 Å². The summed E-state index contributed by atoms with van der Waals surface area (Å²) in [5.41, 5.74) is 2.71. The Bertz CT molecular complexity index is 390. The number of nitrogens with zero attached hydrogens (tertiary/aromatic N) is 1. The molecule has 0 aromatic heterocycles.